The zero-order valence-electron chi connectivity index (χ0n) is 10.6. The van der Waals surface area contributed by atoms with Gasteiger partial charge in [-0.05, 0) is 38.5 Å². The molecule has 1 aliphatic carbocycles. The number of rotatable bonds is 4. The summed E-state index contributed by atoms with van der Waals surface area (Å²) in [6.07, 6.45) is 10.5. The second-order valence-corrected chi connectivity index (χ2v) is 4.64. The van der Waals surface area contributed by atoms with Gasteiger partial charge in [0.2, 0.25) is 0 Å². The van der Waals surface area contributed by atoms with Crippen molar-refractivity contribution in [3.63, 3.8) is 0 Å². The molecule has 0 amide bonds. The van der Waals surface area contributed by atoms with Gasteiger partial charge in [-0.1, -0.05) is 31.4 Å². The maximum absolute atomic E-state index is 11.4. The van der Waals surface area contributed by atoms with Crippen LogP contribution in [0.3, 0.4) is 0 Å². The van der Waals surface area contributed by atoms with Crippen molar-refractivity contribution in [2.45, 2.75) is 58.8 Å². The Morgan fingerprint density at radius 2 is 2.12 bits per heavy atom. The minimum Gasteiger partial charge on any atom is -0.466 e. The SMILES string of the molecule is CCOC(=O)CC(C)C1=CCCCCCC1. The van der Waals surface area contributed by atoms with E-state index in [2.05, 4.69) is 13.0 Å². The van der Waals surface area contributed by atoms with Crippen LogP contribution in [0, 0.1) is 5.92 Å². The first-order valence-corrected chi connectivity index (χ1v) is 6.58. The fourth-order valence-electron chi connectivity index (χ4n) is 2.27. The molecule has 0 aromatic rings. The first-order valence-electron chi connectivity index (χ1n) is 6.58. The summed E-state index contributed by atoms with van der Waals surface area (Å²) in [5.74, 6) is 0.301. The molecule has 0 radical (unpaired) electrons. The molecule has 0 fully saturated rings. The fraction of sp³-hybridized carbons (Fsp3) is 0.786. The Labute approximate surface area is 99.1 Å². The summed E-state index contributed by atoms with van der Waals surface area (Å²) in [5, 5.41) is 0. The summed E-state index contributed by atoms with van der Waals surface area (Å²) in [6, 6.07) is 0. The number of carbonyl (C=O) groups is 1. The van der Waals surface area contributed by atoms with Gasteiger partial charge < -0.3 is 4.74 Å². The van der Waals surface area contributed by atoms with Crippen LogP contribution in [-0.2, 0) is 9.53 Å². The highest BCUT2D eigenvalue weighted by Crippen LogP contribution is 2.25. The Kier molecular flexibility index (Phi) is 6.20. The molecule has 0 N–H and O–H groups in total. The smallest absolute Gasteiger partial charge is 0.306 e. The van der Waals surface area contributed by atoms with Crippen molar-refractivity contribution in [1.82, 2.24) is 0 Å². The molecule has 2 heteroatoms. The molecular weight excluding hydrogens is 200 g/mol. The molecule has 0 saturated carbocycles. The Balaban J connectivity index is 2.43. The van der Waals surface area contributed by atoms with Gasteiger partial charge in [0.25, 0.3) is 0 Å². The lowest BCUT2D eigenvalue weighted by molar-refractivity contribution is -0.143. The van der Waals surface area contributed by atoms with Gasteiger partial charge in [-0.2, -0.15) is 0 Å². The minimum absolute atomic E-state index is 0.0574. The van der Waals surface area contributed by atoms with Crippen LogP contribution in [-0.4, -0.2) is 12.6 Å². The summed E-state index contributed by atoms with van der Waals surface area (Å²) in [6.45, 7) is 4.49. The van der Waals surface area contributed by atoms with E-state index in [0.29, 0.717) is 18.9 Å². The molecule has 2 nitrogen and oxygen atoms in total. The average Bonchev–Trinajstić information content (AvgIpc) is 2.16. The van der Waals surface area contributed by atoms with Crippen molar-refractivity contribution in [2.75, 3.05) is 6.61 Å². The van der Waals surface area contributed by atoms with Crippen LogP contribution in [0.15, 0.2) is 11.6 Å². The number of ether oxygens (including phenoxy) is 1. The standard InChI is InChI=1S/C14H24O2/c1-3-16-14(15)11-12(2)13-9-7-5-4-6-8-10-13/h9,12H,3-8,10-11H2,1-2H3. The highest BCUT2D eigenvalue weighted by molar-refractivity contribution is 5.70. The van der Waals surface area contributed by atoms with Crippen LogP contribution < -0.4 is 0 Å². The molecule has 16 heavy (non-hydrogen) atoms. The molecule has 0 bridgehead atoms. The van der Waals surface area contributed by atoms with Crippen molar-refractivity contribution in [2.24, 2.45) is 5.92 Å². The maximum Gasteiger partial charge on any atom is 0.306 e. The molecular formula is C14H24O2. The van der Waals surface area contributed by atoms with Crippen LogP contribution in [0.4, 0.5) is 0 Å². The molecule has 92 valence electrons. The number of allylic oxidation sites excluding steroid dienone is 2. The van der Waals surface area contributed by atoms with E-state index in [4.69, 9.17) is 4.74 Å². The Morgan fingerprint density at radius 1 is 1.38 bits per heavy atom. The van der Waals surface area contributed by atoms with E-state index >= 15 is 0 Å². The lowest BCUT2D eigenvalue weighted by atomic mass is 9.90. The van der Waals surface area contributed by atoms with Gasteiger partial charge in [0.05, 0.1) is 13.0 Å². The summed E-state index contributed by atoms with van der Waals surface area (Å²) in [4.78, 5) is 11.4. The van der Waals surface area contributed by atoms with Crippen LogP contribution in [0.2, 0.25) is 0 Å². The predicted octanol–water partition coefficient (Wildman–Crippen LogP) is 3.86. The van der Waals surface area contributed by atoms with Crippen molar-refractivity contribution in [3.05, 3.63) is 11.6 Å². The van der Waals surface area contributed by atoms with E-state index < -0.39 is 0 Å². The largest absolute Gasteiger partial charge is 0.466 e. The Morgan fingerprint density at radius 3 is 2.88 bits per heavy atom. The minimum atomic E-state index is -0.0574. The third-order valence-corrected chi connectivity index (χ3v) is 3.24. The molecule has 0 aromatic heterocycles. The molecule has 0 heterocycles. The topological polar surface area (TPSA) is 26.3 Å². The van der Waals surface area contributed by atoms with E-state index in [1.165, 1.54) is 44.1 Å². The highest BCUT2D eigenvalue weighted by atomic mass is 16.5. The molecule has 1 rings (SSSR count). The first kappa shape index (κ1) is 13.3. The van der Waals surface area contributed by atoms with Gasteiger partial charge in [-0.3, -0.25) is 4.79 Å². The average molecular weight is 224 g/mol. The molecule has 0 saturated heterocycles. The monoisotopic (exact) mass is 224 g/mol. The summed E-state index contributed by atoms with van der Waals surface area (Å²) >= 11 is 0. The Bertz CT molecular complexity index is 243. The van der Waals surface area contributed by atoms with E-state index in [0.717, 1.165) is 0 Å². The van der Waals surface area contributed by atoms with E-state index in [9.17, 15) is 4.79 Å². The van der Waals surface area contributed by atoms with Crippen LogP contribution in [0.25, 0.3) is 0 Å². The van der Waals surface area contributed by atoms with Crippen molar-refractivity contribution in [3.8, 4) is 0 Å². The third kappa shape index (κ3) is 4.82. The summed E-state index contributed by atoms with van der Waals surface area (Å²) in [5.41, 5.74) is 1.47. The van der Waals surface area contributed by atoms with Crippen LogP contribution >= 0.6 is 0 Å². The van der Waals surface area contributed by atoms with Gasteiger partial charge in [-0.25, -0.2) is 0 Å². The predicted molar refractivity (Wildman–Crippen MR) is 66.2 cm³/mol. The van der Waals surface area contributed by atoms with Gasteiger partial charge in [0, 0.05) is 0 Å². The lowest BCUT2D eigenvalue weighted by Gasteiger charge is -2.17. The maximum atomic E-state index is 11.4. The van der Waals surface area contributed by atoms with E-state index in [1.807, 2.05) is 6.92 Å². The molecule has 1 unspecified atom stereocenters. The molecule has 0 aromatic carbocycles. The van der Waals surface area contributed by atoms with Gasteiger partial charge >= 0.3 is 5.97 Å². The number of hydrogen-bond acceptors (Lipinski definition) is 2. The van der Waals surface area contributed by atoms with Crippen molar-refractivity contribution >= 4 is 5.97 Å². The highest BCUT2D eigenvalue weighted by Gasteiger charge is 2.14. The lowest BCUT2D eigenvalue weighted by Crippen LogP contribution is -2.11. The van der Waals surface area contributed by atoms with Crippen LogP contribution in [0.5, 0.6) is 0 Å². The number of hydrogen-bond donors (Lipinski definition) is 0. The second kappa shape index (κ2) is 7.48. The molecule has 1 atom stereocenters. The molecule has 0 aliphatic heterocycles. The zero-order valence-corrected chi connectivity index (χ0v) is 10.6. The van der Waals surface area contributed by atoms with Gasteiger partial charge in [0.1, 0.15) is 0 Å². The number of carbonyl (C=O) groups excluding carboxylic acids is 1. The van der Waals surface area contributed by atoms with E-state index in [1.54, 1.807) is 0 Å². The zero-order chi connectivity index (χ0) is 11.8. The second-order valence-electron chi connectivity index (χ2n) is 4.64. The molecule has 0 spiro atoms. The summed E-state index contributed by atoms with van der Waals surface area (Å²) in [7, 11) is 0. The van der Waals surface area contributed by atoms with Crippen LogP contribution in [0.1, 0.15) is 58.8 Å². The van der Waals surface area contributed by atoms with Crippen molar-refractivity contribution in [1.29, 1.82) is 0 Å². The number of esters is 1. The summed E-state index contributed by atoms with van der Waals surface area (Å²) < 4.78 is 4.99. The van der Waals surface area contributed by atoms with Crippen molar-refractivity contribution < 1.29 is 9.53 Å². The van der Waals surface area contributed by atoms with E-state index in [-0.39, 0.29) is 5.97 Å². The molecule has 1 aliphatic rings. The quantitative estimate of drug-likeness (QED) is 0.535. The van der Waals surface area contributed by atoms with Gasteiger partial charge in [-0.15, -0.1) is 0 Å². The first-order chi connectivity index (χ1) is 7.74. The Hall–Kier alpha value is -0.790. The third-order valence-electron chi connectivity index (χ3n) is 3.24. The normalized spacial score (nSPS) is 19.2. The fourth-order valence-corrected chi connectivity index (χ4v) is 2.27. The van der Waals surface area contributed by atoms with Gasteiger partial charge in [0.15, 0.2) is 0 Å².